The molecule has 0 spiro atoms. The first-order valence-corrected chi connectivity index (χ1v) is 10.8. The number of hydrogen-bond donors (Lipinski definition) is 0. The Morgan fingerprint density at radius 2 is 1.27 bits per heavy atom. The summed E-state index contributed by atoms with van der Waals surface area (Å²) in [5.74, 6) is -0.204. The molecular weight excluding hydrogens is 410 g/mol. The van der Waals surface area contributed by atoms with Crippen molar-refractivity contribution in [3.05, 3.63) is 138 Å². The fraction of sp³-hybridized carbons (Fsp3) is 0.0714. The van der Waals surface area contributed by atoms with Crippen LogP contribution < -0.4 is 5.06 Å². The average Bonchev–Trinajstić information content (AvgIpc) is 3.11. The molecule has 1 aliphatic heterocycles. The maximum absolute atomic E-state index is 13.8. The molecule has 0 fully saturated rings. The van der Waals surface area contributed by atoms with E-state index >= 15 is 0 Å². The van der Waals surface area contributed by atoms with Crippen LogP contribution in [0.1, 0.15) is 27.7 Å². The Labute approximate surface area is 193 Å². The zero-order valence-electron chi connectivity index (χ0n) is 18.0. The Morgan fingerprint density at radius 3 is 1.91 bits per heavy atom. The van der Waals surface area contributed by atoms with E-state index < -0.39 is 6.17 Å². The normalized spacial score (nSPS) is 16.1. The molecule has 0 aromatic heterocycles. The van der Waals surface area contributed by atoms with Crippen molar-refractivity contribution in [1.29, 1.82) is 0 Å². The molecule has 1 atom stereocenters. The summed E-state index contributed by atoms with van der Waals surface area (Å²) in [7, 11) is 0. The highest BCUT2D eigenvalue weighted by Crippen LogP contribution is 2.34. The summed E-state index contributed by atoms with van der Waals surface area (Å²) >= 11 is 0. The van der Waals surface area contributed by atoms with E-state index in [0.29, 0.717) is 11.3 Å². The lowest BCUT2D eigenvalue weighted by atomic mass is 10.1. The van der Waals surface area contributed by atoms with Crippen molar-refractivity contribution < 1.29 is 9.63 Å². The number of hydrazone groups is 1. The molecule has 0 N–H and O–H groups in total. The highest BCUT2D eigenvalue weighted by molar-refractivity contribution is 6.03. The van der Waals surface area contributed by atoms with Crippen molar-refractivity contribution in [3.8, 4) is 0 Å². The van der Waals surface area contributed by atoms with Gasteiger partial charge in [0.05, 0.1) is 11.4 Å². The fourth-order valence-electron chi connectivity index (χ4n) is 3.85. The van der Waals surface area contributed by atoms with E-state index in [9.17, 15) is 4.79 Å². The summed E-state index contributed by atoms with van der Waals surface area (Å²) in [6.45, 7) is 0.223. The summed E-state index contributed by atoms with van der Waals surface area (Å²) in [6.07, 6.45) is -0.595. The lowest BCUT2D eigenvalue weighted by Gasteiger charge is -2.35. The number of rotatable bonds is 4. The Morgan fingerprint density at radius 1 is 0.727 bits per heavy atom. The molecule has 33 heavy (non-hydrogen) atoms. The third-order valence-electron chi connectivity index (χ3n) is 5.47. The minimum Gasteiger partial charge on any atom is -0.267 e. The summed E-state index contributed by atoms with van der Waals surface area (Å²) in [4.78, 5) is 20.2. The monoisotopic (exact) mass is 433 g/mol. The number of amides is 1. The second-order valence-corrected chi connectivity index (χ2v) is 7.65. The van der Waals surface area contributed by atoms with Crippen LogP contribution >= 0.6 is 0 Å². The fourth-order valence-corrected chi connectivity index (χ4v) is 3.85. The van der Waals surface area contributed by atoms with Gasteiger partial charge in [0.15, 0.2) is 6.17 Å². The smallest absolute Gasteiger partial charge is 0.267 e. The van der Waals surface area contributed by atoms with Crippen molar-refractivity contribution in [2.45, 2.75) is 6.17 Å². The zero-order chi connectivity index (χ0) is 22.5. The largest absolute Gasteiger partial charge is 0.276 e. The molecule has 5 heteroatoms. The molecule has 1 amide bonds. The summed E-state index contributed by atoms with van der Waals surface area (Å²) in [5.41, 5.74) is 3.87. The lowest BCUT2D eigenvalue weighted by molar-refractivity contribution is 0.0440. The third-order valence-corrected chi connectivity index (χ3v) is 5.47. The van der Waals surface area contributed by atoms with Gasteiger partial charge in [-0.3, -0.25) is 9.63 Å². The third kappa shape index (κ3) is 4.40. The number of benzene rings is 4. The van der Waals surface area contributed by atoms with E-state index in [1.165, 1.54) is 5.01 Å². The van der Waals surface area contributed by atoms with Gasteiger partial charge in [-0.2, -0.15) is 10.1 Å². The molecule has 5 rings (SSSR count). The number of nitrogens with zero attached hydrogens (tertiary/aromatic N) is 3. The lowest BCUT2D eigenvalue weighted by Crippen LogP contribution is -2.41. The van der Waals surface area contributed by atoms with Crippen LogP contribution in [-0.2, 0) is 4.84 Å². The maximum atomic E-state index is 13.8. The van der Waals surface area contributed by atoms with Crippen LogP contribution in [0.15, 0.2) is 126 Å². The highest BCUT2D eigenvalue weighted by Gasteiger charge is 2.35. The number of carbonyl (C=O) groups excluding carboxylic acids is 1. The molecule has 0 saturated carbocycles. The Hall–Kier alpha value is -4.22. The molecule has 0 saturated heterocycles. The first-order valence-electron chi connectivity index (χ1n) is 10.8. The first kappa shape index (κ1) is 20.7. The topological polar surface area (TPSA) is 45.1 Å². The van der Waals surface area contributed by atoms with E-state index in [1.807, 2.05) is 109 Å². The van der Waals surface area contributed by atoms with Crippen LogP contribution in [0.4, 0.5) is 5.69 Å². The van der Waals surface area contributed by atoms with E-state index in [4.69, 9.17) is 9.94 Å². The van der Waals surface area contributed by atoms with Gasteiger partial charge in [0.1, 0.15) is 6.61 Å². The number of hydrogen-bond acceptors (Lipinski definition) is 4. The molecule has 0 radical (unpaired) electrons. The van der Waals surface area contributed by atoms with Crippen LogP contribution in [0, 0.1) is 0 Å². The van der Waals surface area contributed by atoms with Crippen LogP contribution in [-0.4, -0.2) is 23.2 Å². The molecular formula is C28H23N3O2. The van der Waals surface area contributed by atoms with Crippen LogP contribution in [0.5, 0.6) is 0 Å². The van der Waals surface area contributed by atoms with Gasteiger partial charge in [0.25, 0.3) is 5.91 Å². The second kappa shape index (κ2) is 9.51. The molecule has 5 nitrogen and oxygen atoms in total. The van der Waals surface area contributed by atoms with Gasteiger partial charge in [-0.1, -0.05) is 97.1 Å². The molecule has 162 valence electrons. The molecule has 1 aliphatic rings. The number of carbonyl (C=O) groups is 1. The Kier molecular flexibility index (Phi) is 5.95. The van der Waals surface area contributed by atoms with Gasteiger partial charge in [0, 0.05) is 11.1 Å². The first-order chi connectivity index (χ1) is 16.3. The van der Waals surface area contributed by atoms with Gasteiger partial charge in [0.2, 0.25) is 0 Å². The van der Waals surface area contributed by atoms with E-state index in [2.05, 4.69) is 0 Å². The number of para-hydroxylation sites is 1. The molecule has 4 aromatic carbocycles. The molecule has 0 aliphatic carbocycles. The Bertz CT molecular complexity index is 1230. The minimum absolute atomic E-state index is 0.204. The van der Waals surface area contributed by atoms with Gasteiger partial charge in [-0.05, 0) is 29.8 Å². The molecule has 1 heterocycles. The summed E-state index contributed by atoms with van der Waals surface area (Å²) in [6, 6.07) is 38.7. The zero-order valence-corrected chi connectivity index (χ0v) is 18.0. The van der Waals surface area contributed by atoms with Crippen LogP contribution in [0.3, 0.4) is 0 Å². The number of hydroxylamine groups is 1. The van der Waals surface area contributed by atoms with Crippen molar-refractivity contribution in [3.63, 3.8) is 0 Å². The van der Waals surface area contributed by atoms with E-state index in [0.717, 1.165) is 16.8 Å². The van der Waals surface area contributed by atoms with Crippen molar-refractivity contribution in [2.24, 2.45) is 5.10 Å². The van der Waals surface area contributed by atoms with Crippen molar-refractivity contribution in [1.82, 2.24) is 5.01 Å². The predicted molar refractivity (Wildman–Crippen MR) is 130 cm³/mol. The van der Waals surface area contributed by atoms with E-state index in [-0.39, 0.29) is 12.5 Å². The van der Waals surface area contributed by atoms with Crippen LogP contribution in [0.25, 0.3) is 0 Å². The standard InChI is InChI=1S/C28H23N3O2/c32-28(24-17-9-3-10-18-24)30-27(23-15-7-2-8-16-23)31(25-19-11-4-12-20-25)33-21-26(29-30)22-13-5-1-6-14-22/h1-20,27H,21H2/t27-/m0/s1. The molecule has 0 unspecified atom stereocenters. The quantitative estimate of drug-likeness (QED) is 0.416. The van der Waals surface area contributed by atoms with Crippen molar-refractivity contribution in [2.75, 3.05) is 11.7 Å². The molecule has 0 bridgehead atoms. The average molecular weight is 434 g/mol. The predicted octanol–water partition coefficient (Wildman–Crippen LogP) is 5.68. The Balaban J connectivity index is 1.69. The summed E-state index contributed by atoms with van der Waals surface area (Å²) < 4.78 is 0. The van der Waals surface area contributed by atoms with Gasteiger partial charge < -0.3 is 0 Å². The van der Waals surface area contributed by atoms with E-state index in [1.54, 1.807) is 17.2 Å². The van der Waals surface area contributed by atoms with Crippen molar-refractivity contribution >= 4 is 17.3 Å². The van der Waals surface area contributed by atoms with Gasteiger partial charge in [-0.25, -0.2) is 5.06 Å². The van der Waals surface area contributed by atoms with Gasteiger partial charge >= 0.3 is 0 Å². The second-order valence-electron chi connectivity index (χ2n) is 7.65. The summed E-state index contributed by atoms with van der Waals surface area (Å²) in [5, 5.41) is 8.20. The SMILES string of the molecule is O=C(c1ccccc1)N1N=C(c2ccccc2)CON(c2ccccc2)[C@H]1c1ccccc1. The van der Waals surface area contributed by atoms with Gasteiger partial charge in [-0.15, -0.1) is 0 Å². The molecule has 4 aromatic rings. The maximum Gasteiger partial charge on any atom is 0.276 e. The highest BCUT2D eigenvalue weighted by atomic mass is 16.7. The minimum atomic E-state index is -0.595. The number of anilines is 1. The van der Waals surface area contributed by atoms with Crippen LogP contribution in [0.2, 0.25) is 0 Å².